The average molecular weight is 273 g/mol. The lowest BCUT2D eigenvalue weighted by molar-refractivity contribution is 0.170. The first-order chi connectivity index (χ1) is 9.24. The highest BCUT2D eigenvalue weighted by atomic mass is 32.1. The van der Waals surface area contributed by atoms with E-state index >= 15 is 0 Å². The molecule has 1 aromatic heterocycles. The maximum Gasteiger partial charge on any atom is 0.0922 e. The predicted octanol–water partition coefficient (Wildman–Crippen LogP) is 3.37. The van der Waals surface area contributed by atoms with Gasteiger partial charge in [-0.2, -0.15) is 11.3 Å². The number of benzene rings is 1. The van der Waals surface area contributed by atoms with Gasteiger partial charge in [0.15, 0.2) is 0 Å². The van der Waals surface area contributed by atoms with Crippen LogP contribution < -0.4 is 5.32 Å². The molecule has 1 heterocycles. The van der Waals surface area contributed by atoms with Crippen molar-refractivity contribution in [2.75, 3.05) is 6.54 Å². The van der Waals surface area contributed by atoms with Crippen LogP contribution in [-0.4, -0.2) is 11.7 Å². The van der Waals surface area contributed by atoms with Gasteiger partial charge in [-0.1, -0.05) is 23.8 Å². The van der Waals surface area contributed by atoms with Gasteiger partial charge in [0.05, 0.1) is 6.10 Å². The second-order valence-corrected chi connectivity index (χ2v) is 6.05. The van der Waals surface area contributed by atoms with Gasteiger partial charge in [-0.15, -0.1) is 0 Å². The number of rotatable bonds is 4. The number of aliphatic hydroxyl groups is 1. The second-order valence-electron chi connectivity index (χ2n) is 5.27. The van der Waals surface area contributed by atoms with E-state index in [0.717, 1.165) is 18.4 Å². The standard InChI is InChI=1S/C16H19NOS/c1-11-2-3-12-4-5-15(14(12)8-11)17-9-16(18)13-6-7-19-10-13/h2-3,6-8,10,15-18H,4-5,9H2,1H3. The third kappa shape index (κ3) is 2.73. The van der Waals surface area contributed by atoms with Crippen LogP contribution in [0.4, 0.5) is 0 Å². The first-order valence-electron chi connectivity index (χ1n) is 6.77. The van der Waals surface area contributed by atoms with Crippen LogP contribution in [0.1, 0.15) is 40.8 Å². The molecule has 0 saturated carbocycles. The highest BCUT2D eigenvalue weighted by Crippen LogP contribution is 2.32. The normalized spacial score (nSPS) is 19.4. The molecular formula is C16H19NOS. The molecule has 0 aliphatic heterocycles. The van der Waals surface area contributed by atoms with E-state index in [1.54, 1.807) is 11.3 Å². The van der Waals surface area contributed by atoms with E-state index in [9.17, 15) is 5.11 Å². The fourth-order valence-corrected chi connectivity index (χ4v) is 3.48. The van der Waals surface area contributed by atoms with Crippen LogP contribution in [0.25, 0.3) is 0 Å². The van der Waals surface area contributed by atoms with E-state index in [0.29, 0.717) is 12.6 Å². The lowest BCUT2D eigenvalue weighted by atomic mass is 10.0. The summed E-state index contributed by atoms with van der Waals surface area (Å²) >= 11 is 1.63. The second kappa shape index (κ2) is 5.45. The number of nitrogens with one attached hydrogen (secondary N) is 1. The van der Waals surface area contributed by atoms with Crippen molar-refractivity contribution in [3.63, 3.8) is 0 Å². The van der Waals surface area contributed by atoms with Crippen LogP contribution in [0.5, 0.6) is 0 Å². The first kappa shape index (κ1) is 12.9. The Kier molecular flexibility index (Phi) is 3.69. The molecule has 0 saturated heterocycles. The van der Waals surface area contributed by atoms with E-state index < -0.39 is 6.10 Å². The van der Waals surface area contributed by atoms with Crippen LogP contribution in [0.2, 0.25) is 0 Å². The Bertz CT molecular complexity index is 550. The molecule has 2 aromatic rings. The Balaban J connectivity index is 1.65. The molecule has 0 spiro atoms. The van der Waals surface area contributed by atoms with Crippen molar-refractivity contribution in [3.8, 4) is 0 Å². The molecule has 1 aromatic carbocycles. The van der Waals surface area contributed by atoms with Gasteiger partial charge < -0.3 is 10.4 Å². The van der Waals surface area contributed by atoms with Crippen LogP contribution in [0.3, 0.4) is 0 Å². The number of hydrogen-bond donors (Lipinski definition) is 2. The Morgan fingerprint density at radius 2 is 2.32 bits per heavy atom. The zero-order chi connectivity index (χ0) is 13.2. The number of aliphatic hydroxyl groups excluding tert-OH is 1. The molecule has 19 heavy (non-hydrogen) atoms. The molecule has 3 heteroatoms. The summed E-state index contributed by atoms with van der Waals surface area (Å²) in [6.45, 7) is 2.75. The van der Waals surface area contributed by atoms with E-state index in [4.69, 9.17) is 0 Å². The van der Waals surface area contributed by atoms with E-state index in [1.165, 1.54) is 16.7 Å². The molecule has 2 unspecified atom stereocenters. The molecule has 1 aliphatic rings. The van der Waals surface area contributed by atoms with E-state index in [1.807, 2.05) is 16.8 Å². The zero-order valence-electron chi connectivity index (χ0n) is 11.1. The molecule has 2 nitrogen and oxygen atoms in total. The molecule has 2 N–H and O–H groups in total. The molecule has 0 fully saturated rings. The smallest absolute Gasteiger partial charge is 0.0922 e. The van der Waals surface area contributed by atoms with Gasteiger partial charge in [0.2, 0.25) is 0 Å². The molecule has 0 amide bonds. The summed E-state index contributed by atoms with van der Waals surface area (Å²) in [5.41, 5.74) is 5.19. The van der Waals surface area contributed by atoms with Crippen molar-refractivity contribution >= 4 is 11.3 Å². The number of fused-ring (bicyclic) bond motifs is 1. The predicted molar refractivity (Wildman–Crippen MR) is 79.5 cm³/mol. The quantitative estimate of drug-likeness (QED) is 0.895. The number of aryl methyl sites for hydroxylation is 2. The van der Waals surface area contributed by atoms with Gasteiger partial charge >= 0.3 is 0 Å². The molecule has 3 rings (SSSR count). The van der Waals surface area contributed by atoms with Gasteiger partial charge in [0, 0.05) is 12.6 Å². The minimum Gasteiger partial charge on any atom is -0.387 e. The minimum absolute atomic E-state index is 0.392. The maximum atomic E-state index is 10.1. The third-order valence-corrected chi connectivity index (χ3v) is 4.57. The fourth-order valence-electron chi connectivity index (χ4n) is 2.77. The summed E-state index contributed by atoms with van der Waals surface area (Å²) in [5.74, 6) is 0. The van der Waals surface area contributed by atoms with Crippen molar-refractivity contribution in [1.82, 2.24) is 5.32 Å². The van der Waals surface area contributed by atoms with Gasteiger partial charge in [-0.3, -0.25) is 0 Å². The zero-order valence-corrected chi connectivity index (χ0v) is 11.9. The van der Waals surface area contributed by atoms with Crippen molar-refractivity contribution in [3.05, 3.63) is 57.3 Å². The Hall–Kier alpha value is -1.16. The molecule has 1 aliphatic carbocycles. The summed E-state index contributed by atoms with van der Waals surface area (Å²) in [6.07, 6.45) is 1.87. The van der Waals surface area contributed by atoms with Crippen LogP contribution >= 0.6 is 11.3 Å². The highest BCUT2D eigenvalue weighted by Gasteiger charge is 2.22. The van der Waals surface area contributed by atoms with Gasteiger partial charge in [-0.05, 0) is 53.3 Å². The maximum absolute atomic E-state index is 10.1. The van der Waals surface area contributed by atoms with Crippen LogP contribution in [0.15, 0.2) is 35.0 Å². The molecule has 0 bridgehead atoms. The monoisotopic (exact) mass is 273 g/mol. The average Bonchev–Trinajstić information content (AvgIpc) is 3.05. The van der Waals surface area contributed by atoms with E-state index in [2.05, 4.69) is 30.4 Å². The molecule has 2 atom stereocenters. The first-order valence-corrected chi connectivity index (χ1v) is 7.71. The van der Waals surface area contributed by atoms with E-state index in [-0.39, 0.29) is 0 Å². The largest absolute Gasteiger partial charge is 0.387 e. The van der Waals surface area contributed by atoms with Crippen LogP contribution in [0, 0.1) is 6.92 Å². The number of hydrogen-bond acceptors (Lipinski definition) is 3. The Labute approximate surface area is 118 Å². The summed E-state index contributed by atoms with van der Waals surface area (Å²) in [4.78, 5) is 0. The fraction of sp³-hybridized carbons (Fsp3) is 0.375. The van der Waals surface area contributed by atoms with Crippen molar-refractivity contribution in [2.24, 2.45) is 0 Å². The molecule has 100 valence electrons. The topological polar surface area (TPSA) is 32.3 Å². The van der Waals surface area contributed by atoms with Crippen molar-refractivity contribution in [2.45, 2.75) is 31.9 Å². The molecular weight excluding hydrogens is 254 g/mol. The summed E-state index contributed by atoms with van der Waals surface area (Å²) in [6, 6.07) is 9.08. The lowest BCUT2D eigenvalue weighted by Gasteiger charge is -2.17. The molecule has 0 radical (unpaired) electrons. The van der Waals surface area contributed by atoms with Gasteiger partial charge in [-0.25, -0.2) is 0 Å². The summed E-state index contributed by atoms with van der Waals surface area (Å²) < 4.78 is 0. The Morgan fingerprint density at radius 1 is 1.42 bits per heavy atom. The summed E-state index contributed by atoms with van der Waals surface area (Å²) in [5, 5.41) is 17.6. The number of thiophene rings is 1. The Morgan fingerprint density at radius 3 is 3.11 bits per heavy atom. The van der Waals surface area contributed by atoms with Gasteiger partial charge in [0.25, 0.3) is 0 Å². The lowest BCUT2D eigenvalue weighted by Crippen LogP contribution is -2.25. The SMILES string of the molecule is Cc1ccc2c(c1)C(NCC(O)c1ccsc1)CC2. The van der Waals surface area contributed by atoms with Gasteiger partial charge in [0.1, 0.15) is 0 Å². The third-order valence-electron chi connectivity index (χ3n) is 3.86. The summed E-state index contributed by atoms with van der Waals surface area (Å²) in [7, 11) is 0. The van der Waals surface area contributed by atoms with Crippen molar-refractivity contribution < 1.29 is 5.11 Å². The highest BCUT2D eigenvalue weighted by molar-refractivity contribution is 7.07. The minimum atomic E-state index is -0.403. The van der Waals surface area contributed by atoms with Crippen molar-refractivity contribution in [1.29, 1.82) is 0 Å². The van der Waals surface area contributed by atoms with Crippen LogP contribution in [-0.2, 0) is 6.42 Å².